The molecule has 2 rings (SSSR count). The molecule has 2 heterocycles. The van der Waals surface area contributed by atoms with Gasteiger partial charge >= 0.3 is 0 Å². The number of hydrogen-bond donors (Lipinski definition) is 1. The largest absolute Gasteiger partial charge is 0.470 e. The van der Waals surface area contributed by atoms with Crippen LogP contribution >= 0.6 is 0 Å². The summed E-state index contributed by atoms with van der Waals surface area (Å²) in [6.45, 7) is 3.34. The summed E-state index contributed by atoms with van der Waals surface area (Å²) >= 11 is 0. The van der Waals surface area contributed by atoms with Gasteiger partial charge in [-0.1, -0.05) is 0 Å². The number of aryl methyl sites for hydroxylation is 1. The van der Waals surface area contributed by atoms with Gasteiger partial charge in [0.25, 0.3) is 0 Å². The van der Waals surface area contributed by atoms with Crippen LogP contribution in [0, 0.1) is 6.92 Å². The lowest BCUT2D eigenvalue weighted by atomic mass is 10.3. The first-order valence-corrected chi connectivity index (χ1v) is 4.72. The molecule has 0 bridgehead atoms. The van der Waals surface area contributed by atoms with Crippen molar-refractivity contribution in [2.24, 2.45) is 0 Å². The smallest absolute Gasteiger partial charge is 0.237 e. The molecule has 4 heteroatoms. The van der Waals surface area contributed by atoms with E-state index in [1.54, 1.807) is 6.20 Å². The van der Waals surface area contributed by atoms with E-state index in [0.29, 0.717) is 18.2 Å². The van der Waals surface area contributed by atoms with E-state index < -0.39 is 0 Å². The average Bonchev–Trinajstić information content (AvgIpc) is 2.62. The Morgan fingerprint density at radius 2 is 2.50 bits per heavy atom. The van der Waals surface area contributed by atoms with Crippen LogP contribution < -0.4 is 10.5 Å². The molecule has 0 amide bonds. The molecule has 0 aromatic carbocycles. The van der Waals surface area contributed by atoms with Crippen LogP contribution in [0.2, 0.25) is 0 Å². The molecule has 1 fully saturated rings. The van der Waals surface area contributed by atoms with Crippen molar-refractivity contribution in [2.75, 3.05) is 18.9 Å². The van der Waals surface area contributed by atoms with Gasteiger partial charge in [0.2, 0.25) is 5.88 Å². The molecule has 1 aromatic heterocycles. The molecular weight excluding hydrogens is 180 g/mol. The monoisotopic (exact) mass is 194 g/mol. The Balaban J connectivity index is 2.08. The van der Waals surface area contributed by atoms with E-state index in [1.165, 1.54) is 0 Å². The summed E-state index contributed by atoms with van der Waals surface area (Å²) in [6, 6.07) is 1.86. The van der Waals surface area contributed by atoms with Crippen LogP contribution in [-0.2, 0) is 4.74 Å². The van der Waals surface area contributed by atoms with E-state index in [1.807, 2.05) is 13.0 Å². The number of ether oxygens (including phenoxy) is 2. The number of nitrogens with two attached hydrogens (primary N) is 1. The van der Waals surface area contributed by atoms with Crippen molar-refractivity contribution in [3.8, 4) is 5.88 Å². The highest BCUT2D eigenvalue weighted by atomic mass is 16.5. The van der Waals surface area contributed by atoms with Crippen LogP contribution in [0.25, 0.3) is 0 Å². The van der Waals surface area contributed by atoms with Crippen molar-refractivity contribution in [2.45, 2.75) is 19.4 Å². The third-order valence-electron chi connectivity index (χ3n) is 2.18. The van der Waals surface area contributed by atoms with E-state index >= 15 is 0 Å². The molecule has 1 aliphatic heterocycles. The quantitative estimate of drug-likeness (QED) is 0.767. The Hall–Kier alpha value is -1.29. The minimum atomic E-state index is 0.104. The van der Waals surface area contributed by atoms with Crippen molar-refractivity contribution >= 4 is 5.69 Å². The van der Waals surface area contributed by atoms with Gasteiger partial charge in [-0.15, -0.1) is 0 Å². The maximum Gasteiger partial charge on any atom is 0.237 e. The van der Waals surface area contributed by atoms with E-state index in [2.05, 4.69) is 4.98 Å². The average molecular weight is 194 g/mol. The van der Waals surface area contributed by atoms with Crippen LogP contribution in [0.1, 0.15) is 12.0 Å². The van der Waals surface area contributed by atoms with Gasteiger partial charge in [-0.3, -0.25) is 0 Å². The molecule has 1 atom stereocenters. The molecule has 0 saturated carbocycles. The summed E-state index contributed by atoms with van der Waals surface area (Å²) in [5.41, 5.74) is 7.40. The van der Waals surface area contributed by atoms with Gasteiger partial charge < -0.3 is 15.2 Å². The second-order valence-corrected chi connectivity index (χ2v) is 3.51. The van der Waals surface area contributed by atoms with Crippen LogP contribution in [0.3, 0.4) is 0 Å². The molecule has 1 unspecified atom stereocenters. The van der Waals surface area contributed by atoms with Crippen LogP contribution in [0.5, 0.6) is 5.88 Å². The summed E-state index contributed by atoms with van der Waals surface area (Å²) in [4.78, 5) is 4.14. The van der Waals surface area contributed by atoms with E-state index in [4.69, 9.17) is 15.2 Å². The third-order valence-corrected chi connectivity index (χ3v) is 2.18. The summed E-state index contributed by atoms with van der Waals surface area (Å²) in [5.74, 6) is 0.520. The second kappa shape index (κ2) is 3.84. The number of nitrogen functional groups attached to an aromatic ring is 1. The third kappa shape index (κ3) is 1.96. The molecule has 1 saturated heterocycles. The predicted octanol–water partition coefficient (Wildman–Crippen LogP) is 1.14. The first kappa shape index (κ1) is 9.27. The summed E-state index contributed by atoms with van der Waals surface area (Å²) < 4.78 is 10.8. The van der Waals surface area contributed by atoms with Crippen LogP contribution in [0.4, 0.5) is 5.69 Å². The number of aromatic nitrogens is 1. The Labute approximate surface area is 83.0 Å². The highest BCUT2D eigenvalue weighted by molar-refractivity contribution is 5.49. The van der Waals surface area contributed by atoms with Gasteiger partial charge in [-0.25, -0.2) is 4.98 Å². The van der Waals surface area contributed by atoms with Crippen molar-refractivity contribution in [3.63, 3.8) is 0 Å². The minimum Gasteiger partial charge on any atom is -0.470 e. The molecule has 4 nitrogen and oxygen atoms in total. The van der Waals surface area contributed by atoms with Crippen molar-refractivity contribution < 1.29 is 9.47 Å². The fourth-order valence-corrected chi connectivity index (χ4v) is 1.44. The fraction of sp³-hybridized carbons (Fsp3) is 0.500. The molecule has 0 spiro atoms. The topological polar surface area (TPSA) is 57.4 Å². The SMILES string of the molecule is Cc1cnc(OC2CCOC2)c(N)c1. The molecular formula is C10H14N2O2. The van der Waals surface area contributed by atoms with Gasteiger partial charge in [0.1, 0.15) is 6.10 Å². The summed E-state index contributed by atoms with van der Waals surface area (Å²) in [7, 11) is 0. The van der Waals surface area contributed by atoms with Gasteiger partial charge in [0.15, 0.2) is 0 Å². The number of anilines is 1. The zero-order valence-corrected chi connectivity index (χ0v) is 8.19. The Kier molecular flexibility index (Phi) is 2.54. The molecule has 0 radical (unpaired) electrons. The van der Waals surface area contributed by atoms with E-state index in [0.717, 1.165) is 18.6 Å². The van der Waals surface area contributed by atoms with Crippen molar-refractivity contribution in [3.05, 3.63) is 17.8 Å². The maximum atomic E-state index is 5.77. The summed E-state index contributed by atoms with van der Waals surface area (Å²) in [5, 5.41) is 0. The lowest BCUT2D eigenvalue weighted by Crippen LogP contribution is -2.17. The molecule has 0 aliphatic carbocycles. The number of nitrogens with zero attached hydrogens (tertiary/aromatic N) is 1. The first-order valence-electron chi connectivity index (χ1n) is 4.72. The standard InChI is InChI=1S/C10H14N2O2/c1-7-4-9(11)10(12-5-7)14-8-2-3-13-6-8/h4-5,8H,2-3,6,11H2,1H3. The van der Waals surface area contributed by atoms with Gasteiger partial charge in [0, 0.05) is 12.6 Å². The molecule has 14 heavy (non-hydrogen) atoms. The molecule has 76 valence electrons. The normalized spacial score (nSPS) is 21.1. The maximum absolute atomic E-state index is 5.77. The number of pyridine rings is 1. The fourth-order valence-electron chi connectivity index (χ4n) is 1.44. The Morgan fingerprint density at radius 1 is 1.64 bits per heavy atom. The summed E-state index contributed by atoms with van der Waals surface area (Å²) in [6.07, 6.45) is 2.77. The van der Waals surface area contributed by atoms with E-state index in [9.17, 15) is 0 Å². The predicted molar refractivity (Wildman–Crippen MR) is 53.2 cm³/mol. The number of hydrogen-bond acceptors (Lipinski definition) is 4. The molecule has 1 aliphatic rings. The first-order chi connectivity index (χ1) is 6.75. The van der Waals surface area contributed by atoms with Crippen LogP contribution in [0.15, 0.2) is 12.3 Å². The lowest BCUT2D eigenvalue weighted by Gasteiger charge is -2.12. The van der Waals surface area contributed by atoms with Gasteiger partial charge in [0.05, 0.1) is 18.9 Å². The van der Waals surface area contributed by atoms with E-state index in [-0.39, 0.29) is 6.10 Å². The lowest BCUT2D eigenvalue weighted by molar-refractivity contribution is 0.138. The van der Waals surface area contributed by atoms with Crippen molar-refractivity contribution in [1.82, 2.24) is 4.98 Å². The highest BCUT2D eigenvalue weighted by Crippen LogP contribution is 2.21. The highest BCUT2D eigenvalue weighted by Gasteiger charge is 2.18. The Morgan fingerprint density at radius 3 is 3.14 bits per heavy atom. The zero-order valence-electron chi connectivity index (χ0n) is 8.19. The Bertz CT molecular complexity index is 322. The minimum absolute atomic E-state index is 0.104. The zero-order chi connectivity index (χ0) is 9.97. The van der Waals surface area contributed by atoms with Crippen LogP contribution in [-0.4, -0.2) is 24.3 Å². The molecule has 1 aromatic rings. The second-order valence-electron chi connectivity index (χ2n) is 3.51. The molecule has 2 N–H and O–H groups in total. The number of rotatable bonds is 2. The van der Waals surface area contributed by atoms with Gasteiger partial charge in [-0.05, 0) is 18.6 Å². The van der Waals surface area contributed by atoms with Crippen molar-refractivity contribution in [1.29, 1.82) is 0 Å². The van der Waals surface area contributed by atoms with Gasteiger partial charge in [-0.2, -0.15) is 0 Å².